The number of ether oxygens (including phenoxy) is 1. The minimum absolute atomic E-state index is 0.467. The quantitative estimate of drug-likeness (QED) is 0.795. The van der Waals surface area contributed by atoms with Crippen LogP contribution in [-0.4, -0.2) is 60.8 Å². The van der Waals surface area contributed by atoms with Crippen LogP contribution in [0.15, 0.2) is 4.99 Å². The molecule has 0 aromatic carbocycles. The average molecular weight is 243 g/mol. The van der Waals surface area contributed by atoms with E-state index in [0.29, 0.717) is 11.3 Å². The van der Waals surface area contributed by atoms with Crippen LogP contribution < -0.4 is 5.32 Å². The third-order valence-corrected chi connectivity index (χ3v) is 3.83. The Bertz CT molecular complexity index is 254. The smallest absolute Gasteiger partial charge is 0.157 e. The predicted octanol–water partition coefficient (Wildman–Crippen LogP) is 0.788. The molecule has 16 heavy (non-hydrogen) atoms. The van der Waals surface area contributed by atoms with Gasteiger partial charge in [0.05, 0.1) is 19.8 Å². The Morgan fingerprint density at radius 3 is 2.94 bits per heavy atom. The van der Waals surface area contributed by atoms with Gasteiger partial charge < -0.3 is 10.1 Å². The van der Waals surface area contributed by atoms with Gasteiger partial charge in [0.15, 0.2) is 5.17 Å². The third-order valence-electron chi connectivity index (χ3n) is 2.81. The molecule has 0 aromatic heterocycles. The van der Waals surface area contributed by atoms with Crippen molar-refractivity contribution in [3.8, 4) is 0 Å². The summed E-state index contributed by atoms with van der Waals surface area (Å²) in [5.41, 5.74) is 0. The molecular formula is C11H21N3OS. The van der Waals surface area contributed by atoms with Crippen molar-refractivity contribution in [3.05, 3.63) is 0 Å². The maximum Gasteiger partial charge on any atom is 0.157 e. The van der Waals surface area contributed by atoms with Crippen LogP contribution >= 0.6 is 11.8 Å². The van der Waals surface area contributed by atoms with Crippen LogP contribution in [0.2, 0.25) is 0 Å². The number of rotatable bonds is 3. The summed E-state index contributed by atoms with van der Waals surface area (Å²) >= 11 is 1.85. The van der Waals surface area contributed by atoms with Crippen LogP contribution in [0.25, 0.3) is 0 Å². The molecule has 0 saturated carbocycles. The SMILES string of the molecule is CC(CN1CCOCC1)NC1=NCC(C)S1. The first-order valence-electron chi connectivity index (χ1n) is 6.02. The molecule has 2 heterocycles. The van der Waals surface area contributed by atoms with Crippen LogP contribution in [0.3, 0.4) is 0 Å². The Balaban J connectivity index is 1.69. The lowest BCUT2D eigenvalue weighted by Crippen LogP contribution is -2.45. The number of hydrogen-bond acceptors (Lipinski definition) is 5. The number of nitrogens with one attached hydrogen (secondary N) is 1. The molecule has 2 rings (SSSR count). The Morgan fingerprint density at radius 2 is 2.31 bits per heavy atom. The zero-order chi connectivity index (χ0) is 11.4. The molecule has 92 valence electrons. The van der Waals surface area contributed by atoms with Crippen molar-refractivity contribution in [2.24, 2.45) is 4.99 Å². The summed E-state index contributed by atoms with van der Waals surface area (Å²) in [6, 6.07) is 0.467. The normalized spacial score (nSPS) is 28.9. The summed E-state index contributed by atoms with van der Waals surface area (Å²) in [4.78, 5) is 6.92. The topological polar surface area (TPSA) is 36.9 Å². The van der Waals surface area contributed by atoms with E-state index in [4.69, 9.17) is 4.74 Å². The van der Waals surface area contributed by atoms with Crippen molar-refractivity contribution >= 4 is 16.9 Å². The molecule has 0 aliphatic carbocycles. The second-order valence-corrected chi connectivity index (χ2v) is 5.96. The van der Waals surface area contributed by atoms with Crippen LogP contribution in [0.4, 0.5) is 0 Å². The molecule has 4 nitrogen and oxygen atoms in total. The van der Waals surface area contributed by atoms with E-state index < -0.39 is 0 Å². The Labute approximate surface area is 102 Å². The number of hydrogen-bond donors (Lipinski definition) is 1. The van der Waals surface area contributed by atoms with Gasteiger partial charge in [-0.1, -0.05) is 18.7 Å². The Kier molecular flexibility index (Phi) is 4.49. The fourth-order valence-electron chi connectivity index (χ4n) is 1.98. The summed E-state index contributed by atoms with van der Waals surface area (Å²) in [5.74, 6) is 0. The van der Waals surface area contributed by atoms with Gasteiger partial charge in [0.2, 0.25) is 0 Å². The second kappa shape index (κ2) is 5.89. The highest BCUT2D eigenvalue weighted by Gasteiger charge is 2.18. The average Bonchev–Trinajstić information content (AvgIpc) is 2.65. The summed E-state index contributed by atoms with van der Waals surface area (Å²) < 4.78 is 5.34. The van der Waals surface area contributed by atoms with Crippen molar-refractivity contribution in [1.29, 1.82) is 0 Å². The monoisotopic (exact) mass is 243 g/mol. The van der Waals surface area contributed by atoms with Crippen molar-refractivity contribution in [2.75, 3.05) is 39.4 Å². The summed E-state index contributed by atoms with van der Waals surface area (Å²) in [7, 11) is 0. The molecule has 0 radical (unpaired) electrons. The van der Waals surface area contributed by atoms with E-state index in [1.54, 1.807) is 0 Å². The number of amidine groups is 1. The first-order valence-corrected chi connectivity index (χ1v) is 6.90. The van der Waals surface area contributed by atoms with Gasteiger partial charge in [0, 0.05) is 30.9 Å². The molecule has 0 aromatic rings. The molecule has 0 amide bonds. The molecule has 2 unspecified atom stereocenters. The summed E-state index contributed by atoms with van der Waals surface area (Å²) in [5, 5.41) is 5.24. The minimum Gasteiger partial charge on any atom is -0.379 e. The summed E-state index contributed by atoms with van der Waals surface area (Å²) in [6.07, 6.45) is 0. The van der Waals surface area contributed by atoms with Crippen LogP contribution in [0.1, 0.15) is 13.8 Å². The van der Waals surface area contributed by atoms with Gasteiger partial charge in [0.25, 0.3) is 0 Å². The van der Waals surface area contributed by atoms with E-state index in [1.807, 2.05) is 11.8 Å². The van der Waals surface area contributed by atoms with Gasteiger partial charge in [-0.05, 0) is 6.92 Å². The van der Waals surface area contributed by atoms with E-state index in [2.05, 4.69) is 29.1 Å². The van der Waals surface area contributed by atoms with E-state index in [0.717, 1.165) is 44.6 Å². The standard InChI is InChI=1S/C11H21N3OS/c1-9(8-14-3-5-15-6-4-14)13-11-12-7-10(2)16-11/h9-10H,3-8H2,1-2H3,(H,12,13). The molecular weight excluding hydrogens is 222 g/mol. The highest BCUT2D eigenvalue weighted by molar-refractivity contribution is 8.14. The second-order valence-electron chi connectivity index (χ2n) is 4.53. The Morgan fingerprint density at radius 1 is 1.56 bits per heavy atom. The first kappa shape index (κ1) is 12.2. The largest absolute Gasteiger partial charge is 0.379 e. The predicted molar refractivity (Wildman–Crippen MR) is 69.2 cm³/mol. The zero-order valence-electron chi connectivity index (χ0n) is 10.1. The van der Waals surface area contributed by atoms with Crippen molar-refractivity contribution in [2.45, 2.75) is 25.1 Å². The molecule has 2 atom stereocenters. The molecule has 0 bridgehead atoms. The lowest BCUT2D eigenvalue weighted by atomic mass is 10.3. The maximum absolute atomic E-state index is 5.34. The fraction of sp³-hybridized carbons (Fsp3) is 0.909. The molecule has 2 aliphatic heterocycles. The highest BCUT2D eigenvalue weighted by atomic mass is 32.2. The lowest BCUT2D eigenvalue weighted by Gasteiger charge is -2.29. The number of thioether (sulfide) groups is 1. The van der Waals surface area contributed by atoms with Gasteiger partial charge in [-0.25, -0.2) is 0 Å². The zero-order valence-corrected chi connectivity index (χ0v) is 10.9. The van der Waals surface area contributed by atoms with E-state index in [9.17, 15) is 0 Å². The first-order chi connectivity index (χ1) is 7.74. The van der Waals surface area contributed by atoms with E-state index in [-0.39, 0.29) is 0 Å². The number of nitrogens with zero attached hydrogens (tertiary/aromatic N) is 2. The van der Waals surface area contributed by atoms with Crippen molar-refractivity contribution in [1.82, 2.24) is 10.2 Å². The highest BCUT2D eigenvalue weighted by Crippen LogP contribution is 2.18. The molecule has 5 heteroatoms. The van der Waals surface area contributed by atoms with Gasteiger partial charge in [-0.15, -0.1) is 0 Å². The van der Waals surface area contributed by atoms with E-state index >= 15 is 0 Å². The van der Waals surface area contributed by atoms with Crippen molar-refractivity contribution in [3.63, 3.8) is 0 Å². The van der Waals surface area contributed by atoms with Gasteiger partial charge in [-0.2, -0.15) is 0 Å². The van der Waals surface area contributed by atoms with Gasteiger partial charge >= 0.3 is 0 Å². The van der Waals surface area contributed by atoms with Crippen LogP contribution in [-0.2, 0) is 4.74 Å². The third kappa shape index (κ3) is 3.64. The van der Waals surface area contributed by atoms with Crippen molar-refractivity contribution < 1.29 is 4.74 Å². The number of morpholine rings is 1. The van der Waals surface area contributed by atoms with Gasteiger partial charge in [0.1, 0.15) is 0 Å². The van der Waals surface area contributed by atoms with Crippen LogP contribution in [0.5, 0.6) is 0 Å². The molecule has 1 fully saturated rings. The fourth-order valence-corrected chi connectivity index (χ4v) is 2.93. The summed E-state index contributed by atoms with van der Waals surface area (Å²) in [6.45, 7) is 10.3. The maximum atomic E-state index is 5.34. The molecule has 1 N–H and O–H groups in total. The Hall–Kier alpha value is -0.260. The van der Waals surface area contributed by atoms with E-state index in [1.165, 1.54) is 0 Å². The molecule has 1 saturated heterocycles. The molecule has 0 spiro atoms. The van der Waals surface area contributed by atoms with Gasteiger partial charge in [-0.3, -0.25) is 9.89 Å². The minimum atomic E-state index is 0.467. The van der Waals surface area contributed by atoms with Crippen LogP contribution in [0, 0.1) is 0 Å². The lowest BCUT2D eigenvalue weighted by molar-refractivity contribution is 0.0353. The number of aliphatic imine (C=N–C) groups is 1. The molecule has 2 aliphatic rings.